The number of carbonyl (C=O) groups is 2. The van der Waals surface area contributed by atoms with Crippen LogP contribution in [-0.4, -0.2) is 38.3 Å². The Bertz CT molecular complexity index is 591. The summed E-state index contributed by atoms with van der Waals surface area (Å²) >= 11 is 0. The van der Waals surface area contributed by atoms with Crippen LogP contribution in [0.25, 0.3) is 0 Å². The van der Waals surface area contributed by atoms with Crippen LogP contribution >= 0.6 is 0 Å². The van der Waals surface area contributed by atoms with Crippen molar-refractivity contribution in [3.05, 3.63) is 35.4 Å². The molecule has 0 aliphatic carbocycles. The molecule has 1 N–H and O–H groups in total. The molecule has 7 heteroatoms. The maximum Gasteiger partial charge on any atom is 0.307 e. The number of carboxylic acid groups (broad SMARTS) is 1. The fraction of sp³-hybridized carbons (Fsp3) is 0.385. The summed E-state index contributed by atoms with van der Waals surface area (Å²) in [4.78, 5) is 21.7. The van der Waals surface area contributed by atoms with Crippen molar-refractivity contribution in [3.8, 4) is 0 Å². The lowest BCUT2D eigenvalue weighted by Crippen LogP contribution is -2.15. The highest BCUT2D eigenvalue weighted by Gasteiger charge is 2.17. The molecule has 20 heavy (non-hydrogen) atoms. The van der Waals surface area contributed by atoms with Crippen LogP contribution in [0.3, 0.4) is 0 Å². The molecule has 0 spiro atoms. The lowest BCUT2D eigenvalue weighted by molar-refractivity contribution is -0.140. The van der Waals surface area contributed by atoms with Gasteiger partial charge in [-0.15, -0.1) is 0 Å². The van der Waals surface area contributed by atoms with Crippen molar-refractivity contribution < 1.29 is 27.9 Å². The number of carbonyl (C=O) groups excluding carboxylic acids is 1. The largest absolute Gasteiger partial charge is 0.481 e. The molecule has 0 aliphatic rings. The zero-order valence-electron chi connectivity index (χ0n) is 11.0. The summed E-state index contributed by atoms with van der Waals surface area (Å²) in [5.41, 5.74) is 0.904. The molecule has 0 amide bonds. The maximum absolute atomic E-state index is 11.9. The third kappa shape index (κ3) is 5.40. The standard InChI is InChI=1S/C13H16O6S/c1-19-13(16)6-7-20(17,18)9-11-5-3-2-4-10(11)8-12(14)15/h2-5H,6-9H2,1H3,(H,14,15). The number of carboxylic acids is 1. The monoisotopic (exact) mass is 300 g/mol. The summed E-state index contributed by atoms with van der Waals surface area (Å²) in [5, 5.41) is 8.79. The van der Waals surface area contributed by atoms with E-state index in [1.807, 2.05) is 0 Å². The topological polar surface area (TPSA) is 97.7 Å². The average Bonchev–Trinajstić information content (AvgIpc) is 2.37. The number of esters is 1. The molecule has 0 aliphatic heterocycles. The summed E-state index contributed by atoms with van der Waals surface area (Å²) in [6, 6.07) is 6.46. The van der Waals surface area contributed by atoms with Gasteiger partial charge in [-0.2, -0.15) is 0 Å². The zero-order chi connectivity index (χ0) is 15.2. The Hall–Kier alpha value is -1.89. The minimum absolute atomic E-state index is 0.208. The molecule has 0 atom stereocenters. The van der Waals surface area contributed by atoms with E-state index in [-0.39, 0.29) is 24.3 Å². The maximum atomic E-state index is 11.9. The van der Waals surface area contributed by atoms with E-state index in [0.717, 1.165) is 0 Å². The van der Waals surface area contributed by atoms with Crippen molar-refractivity contribution in [1.29, 1.82) is 0 Å². The van der Waals surface area contributed by atoms with Crippen LogP contribution in [-0.2, 0) is 36.3 Å². The van der Waals surface area contributed by atoms with Gasteiger partial charge < -0.3 is 9.84 Å². The lowest BCUT2D eigenvalue weighted by atomic mass is 10.1. The van der Waals surface area contributed by atoms with Crippen molar-refractivity contribution in [2.24, 2.45) is 0 Å². The number of benzene rings is 1. The van der Waals surface area contributed by atoms with Gasteiger partial charge in [-0.1, -0.05) is 24.3 Å². The predicted molar refractivity (Wildman–Crippen MR) is 71.9 cm³/mol. The molecule has 0 saturated carbocycles. The highest BCUT2D eigenvalue weighted by Crippen LogP contribution is 2.14. The van der Waals surface area contributed by atoms with Crippen LogP contribution < -0.4 is 0 Å². The van der Waals surface area contributed by atoms with Crippen LogP contribution in [0.2, 0.25) is 0 Å². The first-order valence-corrected chi connectivity index (χ1v) is 7.72. The quantitative estimate of drug-likeness (QED) is 0.748. The van der Waals surface area contributed by atoms with Crippen molar-refractivity contribution in [2.45, 2.75) is 18.6 Å². The molecule has 0 fully saturated rings. The molecule has 0 unspecified atom stereocenters. The fourth-order valence-electron chi connectivity index (χ4n) is 1.68. The Morgan fingerprint density at radius 1 is 1.20 bits per heavy atom. The highest BCUT2D eigenvalue weighted by atomic mass is 32.2. The second kappa shape index (κ2) is 7.04. The summed E-state index contributed by atoms with van der Waals surface area (Å²) in [7, 11) is -2.30. The summed E-state index contributed by atoms with van der Waals surface area (Å²) < 4.78 is 28.2. The Labute approximate surface area is 117 Å². The Morgan fingerprint density at radius 3 is 2.35 bits per heavy atom. The molecule has 0 heterocycles. The third-order valence-electron chi connectivity index (χ3n) is 2.68. The van der Waals surface area contributed by atoms with Gasteiger partial charge in [0.15, 0.2) is 9.84 Å². The van der Waals surface area contributed by atoms with Gasteiger partial charge in [0.2, 0.25) is 0 Å². The predicted octanol–water partition coefficient (Wildman–Crippen LogP) is 0.792. The molecule has 0 aromatic heterocycles. The van der Waals surface area contributed by atoms with Gasteiger partial charge in [0, 0.05) is 0 Å². The molecule has 0 saturated heterocycles. The van der Waals surface area contributed by atoms with E-state index < -0.39 is 21.8 Å². The van der Waals surface area contributed by atoms with E-state index in [2.05, 4.69) is 4.74 Å². The average molecular weight is 300 g/mol. The summed E-state index contributed by atoms with van der Waals surface area (Å²) in [6.07, 6.45) is -0.442. The van der Waals surface area contributed by atoms with Gasteiger partial charge >= 0.3 is 11.9 Å². The van der Waals surface area contributed by atoms with Crippen LogP contribution in [0.15, 0.2) is 24.3 Å². The SMILES string of the molecule is COC(=O)CCS(=O)(=O)Cc1ccccc1CC(=O)O. The van der Waals surface area contributed by atoms with Gasteiger partial charge in [0.1, 0.15) is 0 Å². The first kappa shape index (κ1) is 16.2. The van der Waals surface area contributed by atoms with Gasteiger partial charge in [-0.25, -0.2) is 8.42 Å². The number of aliphatic carboxylic acids is 1. The van der Waals surface area contributed by atoms with Crippen LogP contribution in [0.5, 0.6) is 0 Å². The fourth-order valence-corrected chi connectivity index (χ4v) is 3.06. The number of rotatable bonds is 7. The molecule has 1 aromatic rings. The van der Waals surface area contributed by atoms with Crippen molar-refractivity contribution in [1.82, 2.24) is 0 Å². The first-order valence-electron chi connectivity index (χ1n) is 5.90. The number of hydrogen-bond acceptors (Lipinski definition) is 5. The second-order valence-corrected chi connectivity index (χ2v) is 6.44. The van der Waals surface area contributed by atoms with Gasteiger partial charge in [0.05, 0.1) is 31.5 Å². The van der Waals surface area contributed by atoms with Crippen LogP contribution in [0, 0.1) is 0 Å². The number of methoxy groups -OCH3 is 1. The van der Waals surface area contributed by atoms with Gasteiger partial charge in [-0.3, -0.25) is 9.59 Å². The minimum atomic E-state index is -3.49. The summed E-state index contributed by atoms with van der Waals surface area (Å²) in [5.74, 6) is -2.22. The van der Waals surface area contributed by atoms with E-state index in [1.54, 1.807) is 24.3 Å². The molecular formula is C13H16O6S. The van der Waals surface area contributed by atoms with E-state index >= 15 is 0 Å². The van der Waals surface area contributed by atoms with E-state index in [0.29, 0.717) is 11.1 Å². The van der Waals surface area contributed by atoms with Crippen molar-refractivity contribution in [3.63, 3.8) is 0 Å². The number of hydrogen-bond donors (Lipinski definition) is 1. The zero-order valence-corrected chi connectivity index (χ0v) is 11.9. The Morgan fingerprint density at radius 2 is 1.80 bits per heavy atom. The van der Waals surface area contributed by atoms with Gasteiger partial charge in [0.25, 0.3) is 0 Å². The molecule has 110 valence electrons. The molecule has 1 aromatic carbocycles. The molecule has 1 rings (SSSR count). The van der Waals surface area contributed by atoms with Crippen LogP contribution in [0.1, 0.15) is 17.5 Å². The van der Waals surface area contributed by atoms with E-state index in [1.165, 1.54) is 7.11 Å². The van der Waals surface area contributed by atoms with E-state index in [4.69, 9.17) is 5.11 Å². The van der Waals surface area contributed by atoms with Crippen LogP contribution in [0.4, 0.5) is 0 Å². The van der Waals surface area contributed by atoms with Gasteiger partial charge in [-0.05, 0) is 11.1 Å². The minimum Gasteiger partial charge on any atom is -0.481 e. The van der Waals surface area contributed by atoms with Crippen molar-refractivity contribution in [2.75, 3.05) is 12.9 Å². The molecule has 0 bridgehead atoms. The summed E-state index contributed by atoms with van der Waals surface area (Å²) in [6.45, 7) is 0. The van der Waals surface area contributed by atoms with E-state index in [9.17, 15) is 18.0 Å². The molecular weight excluding hydrogens is 284 g/mol. The number of ether oxygens (including phenoxy) is 1. The third-order valence-corrected chi connectivity index (χ3v) is 4.26. The first-order chi connectivity index (χ1) is 9.34. The second-order valence-electron chi connectivity index (χ2n) is 4.26. The lowest BCUT2D eigenvalue weighted by Gasteiger charge is -2.08. The molecule has 0 radical (unpaired) electrons. The Balaban J connectivity index is 2.81. The number of sulfone groups is 1. The smallest absolute Gasteiger partial charge is 0.307 e. The normalized spacial score (nSPS) is 11.1. The Kier molecular flexibility index (Phi) is 5.69. The highest BCUT2D eigenvalue weighted by molar-refractivity contribution is 7.90. The van der Waals surface area contributed by atoms with Crippen molar-refractivity contribution >= 4 is 21.8 Å². The molecule has 6 nitrogen and oxygen atoms in total.